The topological polar surface area (TPSA) is 96.0 Å². The molecule has 10 heteroatoms. The highest BCUT2D eigenvalue weighted by Crippen LogP contribution is 2.12. The summed E-state index contributed by atoms with van der Waals surface area (Å²) in [5.41, 5.74) is 0.695. The number of piperazine rings is 1. The lowest BCUT2D eigenvalue weighted by atomic mass is 10.3. The first-order valence-electron chi connectivity index (χ1n) is 8.26. The number of anilines is 1. The van der Waals surface area contributed by atoms with Gasteiger partial charge < -0.3 is 9.42 Å². The number of fused-ring (bicyclic) bond motifs is 1. The highest BCUT2D eigenvalue weighted by Gasteiger charge is 2.22. The van der Waals surface area contributed by atoms with E-state index in [0.717, 1.165) is 18.8 Å². The summed E-state index contributed by atoms with van der Waals surface area (Å²) in [5.74, 6) is 1.07. The molecule has 136 valence electrons. The molecular formula is C16H18N6O3S. The third kappa shape index (κ3) is 3.46. The van der Waals surface area contributed by atoms with E-state index < -0.39 is 0 Å². The van der Waals surface area contributed by atoms with Gasteiger partial charge in [0.2, 0.25) is 0 Å². The fourth-order valence-corrected chi connectivity index (χ4v) is 3.66. The summed E-state index contributed by atoms with van der Waals surface area (Å²) in [6.45, 7) is 5.01. The number of urea groups is 1. The van der Waals surface area contributed by atoms with Crippen molar-refractivity contribution in [1.29, 1.82) is 0 Å². The molecule has 0 unspecified atom stereocenters. The summed E-state index contributed by atoms with van der Waals surface area (Å²) >= 11 is 1.44. The molecular weight excluding hydrogens is 356 g/mol. The average Bonchev–Trinajstić information content (AvgIpc) is 3.24. The van der Waals surface area contributed by atoms with Crippen LogP contribution in [-0.2, 0) is 6.54 Å². The Morgan fingerprint density at radius 1 is 1.31 bits per heavy atom. The van der Waals surface area contributed by atoms with Gasteiger partial charge in [-0.3, -0.25) is 19.4 Å². The fraction of sp³-hybridized carbons (Fsp3) is 0.375. The number of nitrogens with zero attached hydrogens (tertiary/aromatic N) is 5. The maximum Gasteiger partial charge on any atom is 0.323 e. The van der Waals surface area contributed by atoms with Gasteiger partial charge in [0, 0.05) is 56.4 Å². The average molecular weight is 374 g/mol. The molecule has 1 fully saturated rings. The molecule has 1 aliphatic rings. The quantitative estimate of drug-likeness (QED) is 0.745. The Labute approximate surface area is 152 Å². The first-order chi connectivity index (χ1) is 12.6. The van der Waals surface area contributed by atoms with E-state index in [1.165, 1.54) is 11.3 Å². The van der Waals surface area contributed by atoms with Gasteiger partial charge in [-0.2, -0.15) is 0 Å². The molecule has 0 radical (unpaired) electrons. The maximum atomic E-state index is 12.3. The van der Waals surface area contributed by atoms with E-state index in [0.29, 0.717) is 36.2 Å². The normalized spacial score (nSPS) is 15.5. The molecule has 1 aliphatic heterocycles. The Balaban J connectivity index is 1.34. The second-order valence-electron chi connectivity index (χ2n) is 6.16. The maximum absolute atomic E-state index is 12.3. The predicted molar refractivity (Wildman–Crippen MR) is 96.4 cm³/mol. The lowest BCUT2D eigenvalue weighted by molar-refractivity contribution is 0.142. The molecule has 0 saturated carbocycles. The number of amides is 2. The Bertz CT molecular complexity index is 985. The molecule has 9 nitrogen and oxygen atoms in total. The van der Waals surface area contributed by atoms with Crippen molar-refractivity contribution in [3.63, 3.8) is 0 Å². The monoisotopic (exact) mass is 374 g/mol. The molecule has 0 atom stereocenters. The number of carbonyl (C=O) groups excluding carboxylic acids is 1. The van der Waals surface area contributed by atoms with Crippen molar-refractivity contribution in [2.45, 2.75) is 13.5 Å². The highest BCUT2D eigenvalue weighted by molar-refractivity contribution is 7.15. The number of carbonyl (C=O) groups is 1. The third-order valence-electron chi connectivity index (χ3n) is 4.26. The van der Waals surface area contributed by atoms with Gasteiger partial charge in [-0.1, -0.05) is 5.16 Å². The van der Waals surface area contributed by atoms with E-state index in [-0.39, 0.29) is 11.6 Å². The van der Waals surface area contributed by atoms with Crippen LogP contribution in [0.25, 0.3) is 4.96 Å². The van der Waals surface area contributed by atoms with Gasteiger partial charge in [-0.25, -0.2) is 9.78 Å². The molecule has 2 amide bonds. The van der Waals surface area contributed by atoms with E-state index in [1.807, 2.05) is 5.38 Å². The minimum atomic E-state index is -0.186. The third-order valence-corrected chi connectivity index (χ3v) is 5.02. The summed E-state index contributed by atoms with van der Waals surface area (Å²) in [7, 11) is 0. The van der Waals surface area contributed by atoms with Gasteiger partial charge in [-0.15, -0.1) is 11.3 Å². The molecule has 3 aromatic rings. The van der Waals surface area contributed by atoms with Crippen molar-refractivity contribution in [3.05, 3.63) is 45.5 Å². The van der Waals surface area contributed by atoms with Crippen molar-refractivity contribution >= 4 is 28.1 Å². The Morgan fingerprint density at radius 3 is 2.85 bits per heavy atom. The van der Waals surface area contributed by atoms with Crippen LogP contribution in [0, 0.1) is 6.92 Å². The number of thiazole rings is 1. The van der Waals surface area contributed by atoms with Crippen molar-refractivity contribution in [3.8, 4) is 0 Å². The molecule has 26 heavy (non-hydrogen) atoms. The van der Waals surface area contributed by atoms with Gasteiger partial charge in [0.1, 0.15) is 5.76 Å². The van der Waals surface area contributed by atoms with E-state index in [4.69, 9.17) is 4.52 Å². The molecule has 4 heterocycles. The summed E-state index contributed by atoms with van der Waals surface area (Å²) in [4.78, 5) is 33.5. The van der Waals surface area contributed by atoms with E-state index in [1.54, 1.807) is 34.6 Å². The van der Waals surface area contributed by atoms with Crippen LogP contribution >= 0.6 is 11.3 Å². The first-order valence-corrected chi connectivity index (χ1v) is 9.14. The zero-order chi connectivity index (χ0) is 18.1. The molecule has 3 aromatic heterocycles. The number of nitrogens with one attached hydrogen (secondary N) is 1. The Kier molecular flexibility index (Phi) is 4.43. The largest absolute Gasteiger partial charge is 0.360 e. The van der Waals surface area contributed by atoms with Crippen LogP contribution < -0.4 is 10.9 Å². The summed E-state index contributed by atoms with van der Waals surface area (Å²) in [5, 5.41) is 8.35. The van der Waals surface area contributed by atoms with Crippen LogP contribution in [-0.4, -0.2) is 56.6 Å². The fourth-order valence-electron chi connectivity index (χ4n) is 2.92. The van der Waals surface area contributed by atoms with Gasteiger partial charge in [0.15, 0.2) is 10.8 Å². The standard InChI is InChI=1S/C16H18N6O3S/c1-11-8-13(19-25-11)18-15(24)21-4-2-20(3-5-21)10-12-9-14(23)22-6-7-26-16(22)17-12/h6-9H,2-5,10H2,1H3,(H,18,19,24). The van der Waals surface area contributed by atoms with E-state index >= 15 is 0 Å². The Morgan fingerprint density at radius 2 is 2.12 bits per heavy atom. The molecule has 1 N–H and O–H groups in total. The predicted octanol–water partition coefficient (Wildman–Crippen LogP) is 1.40. The number of rotatable bonds is 3. The summed E-state index contributed by atoms with van der Waals surface area (Å²) in [6.07, 6.45) is 1.73. The van der Waals surface area contributed by atoms with Crippen LogP contribution in [0.1, 0.15) is 11.5 Å². The molecule has 4 rings (SSSR count). The molecule has 0 aromatic carbocycles. The number of hydrogen-bond acceptors (Lipinski definition) is 7. The lowest BCUT2D eigenvalue weighted by Crippen LogP contribution is -2.49. The van der Waals surface area contributed by atoms with Gasteiger partial charge in [0.05, 0.1) is 5.69 Å². The van der Waals surface area contributed by atoms with Crippen molar-refractivity contribution in [1.82, 2.24) is 24.3 Å². The number of aromatic nitrogens is 3. The molecule has 0 spiro atoms. The van der Waals surface area contributed by atoms with Crippen LogP contribution in [0.15, 0.2) is 33.0 Å². The zero-order valence-electron chi connectivity index (χ0n) is 14.2. The zero-order valence-corrected chi connectivity index (χ0v) is 15.0. The van der Waals surface area contributed by atoms with Crippen molar-refractivity contribution < 1.29 is 9.32 Å². The Hall–Kier alpha value is -2.72. The molecule has 1 saturated heterocycles. The van der Waals surface area contributed by atoms with Crippen LogP contribution in [0.4, 0.5) is 10.6 Å². The minimum absolute atomic E-state index is 0.0628. The van der Waals surface area contributed by atoms with Crippen LogP contribution in [0.3, 0.4) is 0 Å². The van der Waals surface area contributed by atoms with E-state index in [9.17, 15) is 9.59 Å². The second-order valence-corrected chi connectivity index (χ2v) is 7.03. The first kappa shape index (κ1) is 16.7. The summed E-state index contributed by atoms with van der Waals surface area (Å²) in [6, 6.07) is 3.07. The van der Waals surface area contributed by atoms with E-state index in [2.05, 4.69) is 20.4 Å². The smallest absolute Gasteiger partial charge is 0.323 e. The van der Waals surface area contributed by atoms with Gasteiger partial charge >= 0.3 is 6.03 Å². The van der Waals surface area contributed by atoms with Gasteiger partial charge in [-0.05, 0) is 6.92 Å². The van der Waals surface area contributed by atoms with Gasteiger partial charge in [0.25, 0.3) is 5.56 Å². The highest BCUT2D eigenvalue weighted by atomic mass is 32.1. The molecule has 0 aliphatic carbocycles. The minimum Gasteiger partial charge on any atom is -0.360 e. The second kappa shape index (κ2) is 6.89. The number of aryl methyl sites for hydroxylation is 1. The van der Waals surface area contributed by atoms with Crippen LogP contribution in [0.2, 0.25) is 0 Å². The van der Waals surface area contributed by atoms with Crippen LogP contribution in [0.5, 0.6) is 0 Å². The SMILES string of the molecule is Cc1cc(NC(=O)N2CCN(Cc3cc(=O)n4ccsc4n3)CC2)no1. The number of hydrogen-bond donors (Lipinski definition) is 1. The van der Waals surface area contributed by atoms with Crippen molar-refractivity contribution in [2.24, 2.45) is 0 Å². The lowest BCUT2D eigenvalue weighted by Gasteiger charge is -2.34. The summed E-state index contributed by atoms with van der Waals surface area (Å²) < 4.78 is 6.49. The van der Waals surface area contributed by atoms with Crippen molar-refractivity contribution in [2.75, 3.05) is 31.5 Å². The molecule has 0 bridgehead atoms.